The first kappa shape index (κ1) is 12.3. The summed E-state index contributed by atoms with van der Waals surface area (Å²) in [4.78, 5) is 2.49. The molecule has 1 atom stereocenters. The third kappa shape index (κ3) is 3.44. The van der Waals surface area contributed by atoms with Crippen molar-refractivity contribution >= 4 is 11.8 Å². The van der Waals surface area contributed by atoms with Crippen molar-refractivity contribution in [2.24, 2.45) is 5.41 Å². The van der Waals surface area contributed by atoms with E-state index in [1.807, 2.05) is 11.8 Å². The summed E-state index contributed by atoms with van der Waals surface area (Å²) in [5.74, 6) is 1.25. The first-order valence-corrected chi connectivity index (χ1v) is 7.00. The molecule has 1 unspecified atom stereocenters. The molecule has 84 valence electrons. The van der Waals surface area contributed by atoms with E-state index in [0.29, 0.717) is 5.41 Å². The van der Waals surface area contributed by atoms with Gasteiger partial charge in [0, 0.05) is 25.4 Å². The molecule has 1 fully saturated rings. The van der Waals surface area contributed by atoms with Crippen LogP contribution in [0.25, 0.3) is 0 Å². The Morgan fingerprint density at radius 1 is 1.50 bits per heavy atom. The van der Waals surface area contributed by atoms with E-state index in [0.717, 1.165) is 0 Å². The molecule has 0 saturated carbocycles. The van der Waals surface area contributed by atoms with Gasteiger partial charge >= 0.3 is 0 Å². The lowest BCUT2D eigenvalue weighted by molar-refractivity contribution is 0.192. The zero-order valence-electron chi connectivity index (χ0n) is 9.81. The fourth-order valence-electron chi connectivity index (χ4n) is 2.24. The Morgan fingerprint density at radius 3 is 2.79 bits per heavy atom. The molecule has 2 nitrogen and oxygen atoms in total. The van der Waals surface area contributed by atoms with Crippen molar-refractivity contribution in [1.29, 1.82) is 0 Å². The van der Waals surface area contributed by atoms with Crippen LogP contribution in [0.2, 0.25) is 0 Å². The molecule has 0 spiro atoms. The van der Waals surface area contributed by atoms with Crippen molar-refractivity contribution in [3.63, 3.8) is 0 Å². The quantitative estimate of drug-likeness (QED) is 0.727. The van der Waals surface area contributed by atoms with Crippen LogP contribution in [0.5, 0.6) is 0 Å². The van der Waals surface area contributed by atoms with Crippen molar-refractivity contribution in [3.8, 4) is 0 Å². The Balaban J connectivity index is 2.32. The molecule has 3 heteroatoms. The summed E-state index contributed by atoms with van der Waals surface area (Å²) in [6.45, 7) is 7.24. The van der Waals surface area contributed by atoms with Crippen molar-refractivity contribution < 1.29 is 0 Å². The van der Waals surface area contributed by atoms with E-state index in [1.165, 1.54) is 44.8 Å². The predicted octanol–water partition coefficient (Wildman–Crippen LogP) is 1.67. The van der Waals surface area contributed by atoms with E-state index in [1.54, 1.807) is 0 Å². The minimum atomic E-state index is 0.563. The number of hydrogen-bond donors (Lipinski definition) is 1. The van der Waals surface area contributed by atoms with Crippen LogP contribution in [-0.2, 0) is 0 Å². The Bertz CT molecular complexity index is 155. The van der Waals surface area contributed by atoms with Crippen molar-refractivity contribution in [1.82, 2.24) is 10.2 Å². The Morgan fingerprint density at radius 2 is 2.29 bits per heavy atom. The molecule has 0 bridgehead atoms. The minimum absolute atomic E-state index is 0.563. The van der Waals surface area contributed by atoms with Crippen LogP contribution in [0.4, 0.5) is 0 Å². The molecule has 0 aromatic rings. The van der Waals surface area contributed by atoms with Gasteiger partial charge in [-0.3, -0.25) is 0 Å². The predicted molar refractivity (Wildman–Crippen MR) is 66.1 cm³/mol. The van der Waals surface area contributed by atoms with Gasteiger partial charge in [0.25, 0.3) is 0 Å². The van der Waals surface area contributed by atoms with Crippen LogP contribution in [0, 0.1) is 5.41 Å². The maximum absolute atomic E-state index is 3.49. The second kappa shape index (κ2) is 5.99. The molecule has 0 amide bonds. The van der Waals surface area contributed by atoms with Gasteiger partial charge in [-0.15, -0.1) is 0 Å². The van der Waals surface area contributed by atoms with Crippen molar-refractivity contribution in [2.45, 2.75) is 19.8 Å². The van der Waals surface area contributed by atoms with Crippen molar-refractivity contribution in [3.05, 3.63) is 0 Å². The van der Waals surface area contributed by atoms with Gasteiger partial charge < -0.3 is 10.2 Å². The molecule has 1 aliphatic heterocycles. The van der Waals surface area contributed by atoms with E-state index in [2.05, 4.69) is 30.4 Å². The topological polar surface area (TPSA) is 15.3 Å². The Kier molecular flexibility index (Phi) is 5.28. The molecule has 1 aliphatic rings. The number of nitrogens with zero attached hydrogens (tertiary/aromatic N) is 1. The summed E-state index contributed by atoms with van der Waals surface area (Å²) in [5.41, 5.74) is 0.563. The normalized spacial score (nSPS) is 27.4. The highest BCUT2D eigenvalue weighted by molar-refractivity contribution is 7.98. The van der Waals surface area contributed by atoms with E-state index in [9.17, 15) is 0 Å². The summed E-state index contributed by atoms with van der Waals surface area (Å²) in [6.07, 6.45) is 4.84. The molecule has 1 heterocycles. The molecular formula is C11H24N2S. The van der Waals surface area contributed by atoms with Gasteiger partial charge in [0.2, 0.25) is 0 Å². The largest absolute Gasteiger partial charge is 0.316 e. The lowest BCUT2D eigenvalue weighted by atomic mass is 9.84. The molecule has 1 N–H and O–H groups in total. The standard InChI is InChI=1S/C11H24N2S/c1-4-11(5-6-12-9-11)10-13(2)7-8-14-3/h12H,4-10H2,1-3H3. The average Bonchev–Trinajstić information content (AvgIpc) is 2.64. The van der Waals surface area contributed by atoms with E-state index in [4.69, 9.17) is 0 Å². The highest BCUT2D eigenvalue weighted by atomic mass is 32.2. The highest BCUT2D eigenvalue weighted by Crippen LogP contribution is 2.29. The minimum Gasteiger partial charge on any atom is -0.316 e. The maximum Gasteiger partial charge on any atom is 0.00694 e. The molecule has 0 aromatic carbocycles. The second-order valence-electron chi connectivity index (χ2n) is 4.51. The third-order valence-corrected chi connectivity index (χ3v) is 3.96. The van der Waals surface area contributed by atoms with Gasteiger partial charge in [-0.05, 0) is 38.1 Å². The summed E-state index contributed by atoms with van der Waals surface area (Å²) >= 11 is 1.94. The first-order valence-electron chi connectivity index (χ1n) is 5.61. The highest BCUT2D eigenvalue weighted by Gasteiger charge is 2.32. The monoisotopic (exact) mass is 216 g/mol. The fourth-order valence-corrected chi connectivity index (χ4v) is 2.74. The lowest BCUT2D eigenvalue weighted by Crippen LogP contribution is -2.37. The van der Waals surface area contributed by atoms with Crippen LogP contribution < -0.4 is 5.32 Å². The van der Waals surface area contributed by atoms with Crippen LogP contribution in [0.3, 0.4) is 0 Å². The van der Waals surface area contributed by atoms with E-state index >= 15 is 0 Å². The number of nitrogens with one attached hydrogen (secondary N) is 1. The number of thioether (sulfide) groups is 1. The summed E-state index contributed by atoms with van der Waals surface area (Å²) in [7, 11) is 2.26. The zero-order valence-corrected chi connectivity index (χ0v) is 10.6. The van der Waals surface area contributed by atoms with Gasteiger partial charge in [0.15, 0.2) is 0 Å². The molecule has 0 aromatic heterocycles. The van der Waals surface area contributed by atoms with Gasteiger partial charge in [-0.1, -0.05) is 6.92 Å². The molecule has 0 aliphatic carbocycles. The van der Waals surface area contributed by atoms with Crippen LogP contribution in [0.1, 0.15) is 19.8 Å². The SMILES string of the molecule is CCC1(CN(C)CCSC)CCNC1. The zero-order chi connectivity index (χ0) is 10.4. The molecular weight excluding hydrogens is 192 g/mol. The lowest BCUT2D eigenvalue weighted by Gasteiger charge is -2.31. The van der Waals surface area contributed by atoms with Crippen LogP contribution in [0.15, 0.2) is 0 Å². The molecule has 14 heavy (non-hydrogen) atoms. The summed E-state index contributed by atoms with van der Waals surface area (Å²) < 4.78 is 0. The average molecular weight is 216 g/mol. The summed E-state index contributed by atoms with van der Waals surface area (Å²) in [5, 5.41) is 3.49. The van der Waals surface area contributed by atoms with Gasteiger partial charge in [0.05, 0.1) is 0 Å². The van der Waals surface area contributed by atoms with Gasteiger partial charge in [-0.25, -0.2) is 0 Å². The van der Waals surface area contributed by atoms with E-state index in [-0.39, 0.29) is 0 Å². The molecule has 1 rings (SSSR count). The Labute approximate surface area is 92.8 Å². The van der Waals surface area contributed by atoms with Gasteiger partial charge in [0.1, 0.15) is 0 Å². The fraction of sp³-hybridized carbons (Fsp3) is 1.00. The first-order chi connectivity index (χ1) is 6.72. The number of hydrogen-bond acceptors (Lipinski definition) is 3. The van der Waals surface area contributed by atoms with Crippen LogP contribution in [-0.4, -0.2) is 50.1 Å². The van der Waals surface area contributed by atoms with E-state index < -0.39 is 0 Å². The van der Waals surface area contributed by atoms with Crippen LogP contribution >= 0.6 is 11.8 Å². The molecule has 0 radical (unpaired) electrons. The summed E-state index contributed by atoms with van der Waals surface area (Å²) in [6, 6.07) is 0. The number of rotatable bonds is 6. The van der Waals surface area contributed by atoms with Gasteiger partial charge in [-0.2, -0.15) is 11.8 Å². The third-order valence-electron chi connectivity index (χ3n) is 3.36. The molecule has 1 saturated heterocycles. The smallest absolute Gasteiger partial charge is 0.00694 e. The second-order valence-corrected chi connectivity index (χ2v) is 5.50. The van der Waals surface area contributed by atoms with Crippen molar-refractivity contribution in [2.75, 3.05) is 45.2 Å². The maximum atomic E-state index is 3.49. The Hall–Kier alpha value is 0.270.